The first kappa shape index (κ1) is 8.05. The highest BCUT2D eigenvalue weighted by Gasteiger charge is 2.44. The molecule has 2 aliphatic rings. The number of carbonyl (C=O) groups is 1. The topological polar surface area (TPSA) is 57.5 Å². The second kappa shape index (κ2) is 2.73. The molecule has 0 spiro atoms. The number of carboxylic acids is 1. The Morgan fingerprint density at radius 3 is 2.50 bits per heavy atom. The number of aliphatic hydroxyl groups excluding tert-OH is 1. The summed E-state index contributed by atoms with van der Waals surface area (Å²) in [6.07, 6.45) is 3.10. The third-order valence-corrected chi connectivity index (χ3v) is 3.43. The number of hydrogen-bond donors (Lipinski definition) is 2. The van der Waals surface area contributed by atoms with E-state index in [1.807, 2.05) is 0 Å². The van der Waals surface area contributed by atoms with Crippen LogP contribution in [-0.4, -0.2) is 22.3 Å². The van der Waals surface area contributed by atoms with Crippen molar-refractivity contribution < 1.29 is 15.0 Å². The molecule has 2 N–H and O–H groups in total. The highest BCUT2D eigenvalue weighted by molar-refractivity contribution is 5.70. The van der Waals surface area contributed by atoms with Crippen molar-refractivity contribution in [1.82, 2.24) is 0 Å². The number of aliphatic hydroxyl groups is 1. The SMILES string of the molecule is O=C(O)[C@H]1C[C@H]2C[C@H]1CC[C@H]2O. The van der Waals surface area contributed by atoms with Crippen LogP contribution in [0.15, 0.2) is 0 Å². The van der Waals surface area contributed by atoms with Gasteiger partial charge in [-0.25, -0.2) is 0 Å². The van der Waals surface area contributed by atoms with Crippen molar-refractivity contribution in [1.29, 1.82) is 0 Å². The lowest BCUT2D eigenvalue weighted by molar-refractivity contribution is -0.142. The minimum absolute atomic E-state index is 0.174. The molecule has 2 fully saturated rings. The summed E-state index contributed by atoms with van der Waals surface area (Å²) in [5.41, 5.74) is 0. The minimum atomic E-state index is -0.670. The third kappa shape index (κ3) is 1.12. The standard InChI is InChI=1S/C9H14O3/c10-8-2-1-5-3-6(8)4-7(5)9(11)12/h5-8,10H,1-4H2,(H,11,12)/t5-,6-,7+,8-/m1/s1. The van der Waals surface area contributed by atoms with Gasteiger partial charge in [-0.3, -0.25) is 4.79 Å². The summed E-state index contributed by atoms with van der Waals surface area (Å²) in [6.45, 7) is 0. The smallest absolute Gasteiger partial charge is 0.306 e. The first-order valence-electron chi connectivity index (χ1n) is 4.59. The van der Waals surface area contributed by atoms with Crippen molar-refractivity contribution in [2.75, 3.05) is 0 Å². The summed E-state index contributed by atoms with van der Waals surface area (Å²) < 4.78 is 0. The minimum Gasteiger partial charge on any atom is -0.481 e. The number of carboxylic acid groups (broad SMARTS) is 1. The Morgan fingerprint density at radius 1 is 1.17 bits per heavy atom. The van der Waals surface area contributed by atoms with Gasteiger partial charge in [-0.15, -0.1) is 0 Å². The molecule has 0 aromatic rings. The van der Waals surface area contributed by atoms with Crippen LogP contribution >= 0.6 is 0 Å². The highest BCUT2D eigenvalue weighted by Crippen LogP contribution is 2.45. The van der Waals surface area contributed by atoms with Gasteiger partial charge in [0, 0.05) is 0 Å². The average Bonchev–Trinajstić information content (AvgIpc) is 2.37. The van der Waals surface area contributed by atoms with Gasteiger partial charge in [0.05, 0.1) is 12.0 Å². The Hall–Kier alpha value is -0.570. The van der Waals surface area contributed by atoms with Crippen molar-refractivity contribution in [3.63, 3.8) is 0 Å². The Bertz CT molecular complexity index is 202. The van der Waals surface area contributed by atoms with E-state index in [4.69, 9.17) is 5.11 Å². The molecule has 0 saturated heterocycles. The molecule has 3 heteroatoms. The van der Waals surface area contributed by atoms with Crippen LogP contribution in [0.5, 0.6) is 0 Å². The summed E-state index contributed by atoms with van der Waals surface area (Å²) in [7, 11) is 0. The summed E-state index contributed by atoms with van der Waals surface area (Å²) in [4.78, 5) is 10.8. The second-order valence-corrected chi connectivity index (χ2v) is 4.08. The molecule has 2 saturated carbocycles. The van der Waals surface area contributed by atoms with E-state index in [1.54, 1.807) is 0 Å². The van der Waals surface area contributed by atoms with Crippen molar-refractivity contribution in [2.24, 2.45) is 17.8 Å². The third-order valence-electron chi connectivity index (χ3n) is 3.43. The van der Waals surface area contributed by atoms with Crippen molar-refractivity contribution in [3.05, 3.63) is 0 Å². The normalized spacial score (nSPS) is 46.1. The van der Waals surface area contributed by atoms with Crippen LogP contribution in [0.2, 0.25) is 0 Å². The van der Waals surface area contributed by atoms with Gasteiger partial charge in [0.15, 0.2) is 0 Å². The maximum atomic E-state index is 10.8. The fourth-order valence-electron chi connectivity index (χ4n) is 2.72. The molecule has 0 aromatic carbocycles. The molecule has 0 heterocycles. The molecule has 2 aliphatic carbocycles. The zero-order valence-corrected chi connectivity index (χ0v) is 6.94. The lowest BCUT2D eigenvalue weighted by Gasteiger charge is -2.24. The molecular formula is C9H14O3. The first-order valence-corrected chi connectivity index (χ1v) is 4.59. The van der Waals surface area contributed by atoms with Gasteiger partial charge < -0.3 is 10.2 Å². The summed E-state index contributed by atoms with van der Waals surface area (Å²) in [6, 6.07) is 0. The van der Waals surface area contributed by atoms with E-state index < -0.39 is 5.97 Å². The van der Waals surface area contributed by atoms with Crippen LogP contribution in [0, 0.1) is 17.8 Å². The Balaban J connectivity index is 2.10. The Kier molecular flexibility index (Phi) is 1.83. The van der Waals surface area contributed by atoms with E-state index in [0.29, 0.717) is 12.3 Å². The fourth-order valence-corrected chi connectivity index (χ4v) is 2.72. The van der Waals surface area contributed by atoms with Crippen LogP contribution in [0.3, 0.4) is 0 Å². The van der Waals surface area contributed by atoms with Gasteiger partial charge in [-0.1, -0.05) is 0 Å². The van der Waals surface area contributed by atoms with Gasteiger partial charge in [0.25, 0.3) is 0 Å². The van der Waals surface area contributed by atoms with E-state index in [9.17, 15) is 9.90 Å². The molecule has 0 aliphatic heterocycles. The van der Waals surface area contributed by atoms with Crippen LogP contribution in [0.4, 0.5) is 0 Å². The van der Waals surface area contributed by atoms with Crippen molar-refractivity contribution >= 4 is 5.97 Å². The van der Waals surface area contributed by atoms with E-state index in [0.717, 1.165) is 19.3 Å². The molecular weight excluding hydrogens is 156 g/mol. The molecule has 3 nitrogen and oxygen atoms in total. The van der Waals surface area contributed by atoms with Crippen molar-refractivity contribution in [2.45, 2.75) is 31.8 Å². The number of fused-ring (bicyclic) bond motifs is 2. The second-order valence-electron chi connectivity index (χ2n) is 4.08. The molecule has 2 bridgehead atoms. The van der Waals surface area contributed by atoms with Gasteiger partial charge in [0.1, 0.15) is 0 Å². The van der Waals surface area contributed by atoms with Gasteiger partial charge >= 0.3 is 5.97 Å². The number of hydrogen-bond acceptors (Lipinski definition) is 2. The summed E-state index contributed by atoms with van der Waals surface area (Å²) >= 11 is 0. The molecule has 0 amide bonds. The summed E-state index contributed by atoms with van der Waals surface area (Å²) in [5.74, 6) is -0.232. The zero-order valence-electron chi connectivity index (χ0n) is 6.94. The fraction of sp³-hybridized carbons (Fsp3) is 0.889. The molecule has 12 heavy (non-hydrogen) atoms. The first-order chi connectivity index (χ1) is 5.68. The Morgan fingerprint density at radius 2 is 1.92 bits per heavy atom. The maximum absolute atomic E-state index is 10.8. The monoisotopic (exact) mass is 170 g/mol. The maximum Gasteiger partial charge on any atom is 0.306 e. The van der Waals surface area contributed by atoms with Gasteiger partial charge in [0.2, 0.25) is 0 Å². The van der Waals surface area contributed by atoms with E-state index >= 15 is 0 Å². The molecule has 0 radical (unpaired) electrons. The lowest BCUT2D eigenvalue weighted by atomic mass is 9.85. The van der Waals surface area contributed by atoms with Crippen LogP contribution < -0.4 is 0 Å². The highest BCUT2D eigenvalue weighted by atomic mass is 16.4. The lowest BCUT2D eigenvalue weighted by Crippen LogP contribution is -2.23. The molecule has 68 valence electrons. The quantitative estimate of drug-likeness (QED) is 0.614. The van der Waals surface area contributed by atoms with Crippen LogP contribution in [0.25, 0.3) is 0 Å². The predicted molar refractivity (Wildman–Crippen MR) is 42.6 cm³/mol. The number of rotatable bonds is 1. The van der Waals surface area contributed by atoms with Gasteiger partial charge in [-0.2, -0.15) is 0 Å². The van der Waals surface area contributed by atoms with Crippen LogP contribution in [-0.2, 0) is 4.79 Å². The summed E-state index contributed by atoms with van der Waals surface area (Å²) in [5, 5.41) is 18.4. The van der Waals surface area contributed by atoms with E-state index in [2.05, 4.69) is 0 Å². The van der Waals surface area contributed by atoms with Crippen molar-refractivity contribution in [3.8, 4) is 0 Å². The van der Waals surface area contributed by atoms with Crippen LogP contribution in [0.1, 0.15) is 25.7 Å². The molecule has 0 aromatic heterocycles. The molecule has 0 unspecified atom stereocenters. The molecule has 4 atom stereocenters. The largest absolute Gasteiger partial charge is 0.481 e. The Labute approximate surface area is 71.4 Å². The number of aliphatic carboxylic acids is 1. The average molecular weight is 170 g/mol. The zero-order chi connectivity index (χ0) is 8.72. The van der Waals surface area contributed by atoms with E-state index in [1.165, 1.54) is 0 Å². The predicted octanol–water partition coefficient (Wildman–Crippen LogP) is 0.868. The van der Waals surface area contributed by atoms with E-state index in [-0.39, 0.29) is 17.9 Å². The van der Waals surface area contributed by atoms with Gasteiger partial charge in [-0.05, 0) is 37.5 Å². The molecule has 2 rings (SSSR count).